The SMILES string of the molecule is C/C=C(/N=C(N=C(C)c1ccccc1-c1ccccc1)c1ccccc1)c1ccc2cccc(-c3ccccc3)c2c1. The summed E-state index contributed by atoms with van der Waals surface area (Å²) < 4.78 is 0. The van der Waals surface area contributed by atoms with Gasteiger partial charge in [0.05, 0.1) is 5.70 Å². The van der Waals surface area contributed by atoms with Gasteiger partial charge in [0, 0.05) is 22.4 Å². The van der Waals surface area contributed by atoms with Crippen LogP contribution < -0.4 is 0 Å². The van der Waals surface area contributed by atoms with Crippen LogP contribution in [0.3, 0.4) is 0 Å². The normalized spacial score (nSPS) is 12.5. The van der Waals surface area contributed by atoms with E-state index in [4.69, 9.17) is 9.98 Å². The summed E-state index contributed by atoms with van der Waals surface area (Å²) in [5.74, 6) is 0.681. The van der Waals surface area contributed by atoms with E-state index in [0.29, 0.717) is 5.84 Å². The van der Waals surface area contributed by atoms with Crippen LogP contribution in [0, 0.1) is 0 Å². The van der Waals surface area contributed by atoms with Crippen LogP contribution >= 0.6 is 0 Å². The molecular formula is C40H32N2. The fraction of sp³-hybridized carbons (Fsp3) is 0.0500. The molecule has 0 amide bonds. The molecule has 0 bridgehead atoms. The van der Waals surface area contributed by atoms with Gasteiger partial charge in [-0.05, 0) is 52.9 Å². The van der Waals surface area contributed by atoms with Gasteiger partial charge in [0.1, 0.15) is 0 Å². The predicted octanol–water partition coefficient (Wildman–Crippen LogP) is 10.5. The Morgan fingerprint density at radius 3 is 1.81 bits per heavy atom. The number of amidine groups is 1. The summed E-state index contributed by atoms with van der Waals surface area (Å²) in [5, 5.41) is 2.41. The van der Waals surface area contributed by atoms with E-state index < -0.39 is 0 Å². The van der Waals surface area contributed by atoms with Crippen molar-refractivity contribution in [1.29, 1.82) is 0 Å². The first-order chi connectivity index (χ1) is 20.7. The maximum absolute atomic E-state index is 5.20. The summed E-state index contributed by atoms with van der Waals surface area (Å²) in [6.07, 6.45) is 2.07. The number of rotatable bonds is 6. The zero-order valence-corrected chi connectivity index (χ0v) is 23.9. The summed E-state index contributed by atoms with van der Waals surface area (Å²) in [5.41, 5.74) is 9.65. The number of hydrogen-bond acceptors (Lipinski definition) is 1. The van der Waals surface area contributed by atoms with Gasteiger partial charge in [-0.1, -0.05) is 152 Å². The number of fused-ring (bicyclic) bond motifs is 1. The molecule has 0 saturated carbocycles. The highest BCUT2D eigenvalue weighted by Crippen LogP contribution is 2.32. The first kappa shape index (κ1) is 26.9. The number of allylic oxidation sites excluding steroid dienone is 1. The highest BCUT2D eigenvalue weighted by molar-refractivity contribution is 6.14. The average Bonchev–Trinajstić information content (AvgIpc) is 3.07. The number of hydrogen-bond donors (Lipinski definition) is 0. The van der Waals surface area contributed by atoms with Gasteiger partial charge in [0.15, 0.2) is 5.84 Å². The third-order valence-electron chi connectivity index (χ3n) is 7.47. The van der Waals surface area contributed by atoms with Crippen molar-refractivity contribution in [3.8, 4) is 22.3 Å². The van der Waals surface area contributed by atoms with Crippen LogP contribution in [-0.4, -0.2) is 11.5 Å². The third kappa shape index (κ3) is 5.75. The lowest BCUT2D eigenvalue weighted by molar-refractivity contribution is 1.43. The molecular weight excluding hydrogens is 508 g/mol. The largest absolute Gasteiger partial charge is 0.233 e. The Morgan fingerprint density at radius 1 is 0.524 bits per heavy atom. The van der Waals surface area contributed by atoms with Gasteiger partial charge < -0.3 is 0 Å². The Balaban J connectivity index is 1.46. The van der Waals surface area contributed by atoms with Crippen LogP contribution in [0.2, 0.25) is 0 Å². The molecule has 6 aromatic carbocycles. The molecule has 0 fully saturated rings. The average molecular weight is 541 g/mol. The molecule has 0 spiro atoms. The smallest absolute Gasteiger partial charge is 0.160 e. The maximum Gasteiger partial charge on any atom is 0.160 e. The first-order valence-electron chi connectivity index (χ1n) is 14.3. The lowest BCUT2D eigenvalue weighted by Gasteiger charge is -2.12. The van der Waals surface area contributed by atoms with Gasteiger partial charge in [-0.3, -0.25) is 0 Å². The van der Waals surface area contributed by atoms with Crippen LogP contribution in [0.1, 0.15) is 30.5 Å². The van der Waals surface area contributed by atoms with Crippen molar-refractivity contribution < 1.29 is 0 Å². The standard InChI is InChI=1S/C40H32N2/c1-3-39(34-27-26-32-22-15-25-37(38(32)28-34)31-18-9-5-10-19-31)42-40(33-20-11-6-12-21-33)41-29(2)35-23-13-14-24-36(35)30-16-7-4-8-17-30/h3-28H,1-2H3/b39-3+,41-29?,42-40?. The van der Waals surface area contributed by atoms with E-state index in [-0.39, 0.29) is 0 Å². The number of aliphatic imine (C=N–C) groups is 2. The molecule has 0 aliphatic heterocycles. The van der Waals surface area contributed by atoms with Crippen LogP contribution in [0.15, 0.2) is 168 Å². The Hall–Kier alpha value is -5.34. The van der Waals surface area contributed by atoms with Gasteiger partial charge in [-0.15, -0.1) is 0 Å². The van der Waals surface area contributed by atoms with Crippen molar-refractivity contribution in [2.45, 2.75) is 13.8 Å². The molecule has 0 aliphatic rings. The minimum Gasteiger partial charge on any atom is -0.233 e. The first-order valence-corrected chi connectivity index (χ1v) is 14.3. The summed E-state index contributed by atoms with van der Waals surface area (Å²) in [7, 11) is 0. The summed E-state index contributed by atoms with van der Waals surface area (Å²) in [4.78, 5) is 10.4. The fourth-order valence-corrected chi connectivity index (χ4v) is 5.34. The minimum absolute atomic E-state index is 0.681. The molecule has 0 radical (unpaired) electrons. The molecule has 0 atom stereocenters. The van der Waals surface area contributed by atoms with Crippen molar-refractivity contribution in [2.75, 3.05) is 0 Å². The second-order valence-corrected chi connectivity index (χ2v) is 10.2. The topological polar surface area (TPSA) is 24.7 Å². The zero-order valence-electron chi connectivity index (χ0n) is 23.9. The molecule has 0 aromatic heterocycles. The Kier molecular flexibility index (Phi) is 7.96. The monoisotopic (exact) mass is 540 g/mol. The Labute approximate surface area is 248 Å². The number of benzene rings is 6. The van der Waals surface area contributed by atoms with E-state index in [9.17, 15) is 0 Å². The maximum atomic E-state index is 5.20. The summed E-state index contributed by atoms with van der Waals surface area (Å²) in [6.45, 7) is 4.10. The second-order valence-electron chi connectivity index (χ2n) is 10.2. The highest BCUT2D eigenvalue weighted by atomic mass is 14.9. The minimum atomic E-state index is 0.681. The molecule has 42 heavy (non-hydrogen) atoms. The fourth-order valence-electron chi connectivity index (χ4n) is 5.34. The highest BCUT2D eigenvalue weighted by Gasteiger charge is 2.12. The number of nitrogens with zero attached hydrogens (tertiary/aromatic N) is 2. The molecule has 202 valence electrons. The zero-order chi connectivity index (χ0) is 28.7. The van der Waals surface area contributed by atoms with Crippen molar-refractivity contribution in [3.05, 3.63) is 174 Å². The molecule has 0 aliphatic carbocycles. The Bertz CT molecular complexity index is 1920. The van der Waals surface area contributed by atoms with E-state index >= 15 is 0 Å². The van der Waals surface area contributed by atoms with E-state index in [2.05, 4.69) is 140 Å². The molecule has 0 heterocycles. The molecule has 0 unspecified atom stereocenters. The van der Waals surface area contributed by atoms with E-state index in [1.807, 2.05) is 31.2 Å². The van der Waals surface area contributed by atoms with Crippen molar-refractivity contribution in [2.24, 2.45) is 9.98 Å². The third-order valence-corrected chi connectivity index (χ3v) is 7.47. The molecule has 2 nitrogen and oxygen atoms in total. The van der Waals surface area contributed by atoms with Crippen LogP contribution in [0.4, 0.5) is 0 Å². The molecule has 0 saturated heterocycles. The lowest BCUT2D eigenvalue weighted by Crippen LogP contribution is -2.05. The van der Waals surface area contributed by atoms with Crippen molar-refractivity contribution >= 4 is 28.0 Å². The second kappa shape index (κ2) is 12.4. The molecule has 2 heteroatoms. The van der Waals surface area contributed by atoms with Crippen LogP contribution in [0.5, 0.6) is 0 Å². The quantitative estimate of drug-likeness (QED) is 0.148. The van der Waals surface area contributed by atoms with Crippen molar-refractivity contribution in [1.82, 2.24) is 0 Å². The lowest BCUT2D eigenvalue weighted by atomic mass is 9.96. The van der Waals surface area contributed by atoms with E-state index in [0.717, 1.165) is 33.7 Å². The summed E-state index contributed by atoms with van der Waals surface area (Å²) >= 11 is 0. The van der Waals surface area contributed by atoms with Gasteiger partial charge >= 0.3 is 0 Å². The Morgan fingerprint density at radius 2 is 1.12 bits per heavy atom. The summed E-state index contributed by atoms with van der Waals surface area (Å²) in [6, 6.07) is 52.7. The van der Waals surface area contributed by atoms with Gasteiger partial charge in [0.2, 0.25) is 0 Å². The van der Waals surface area contributed by atoms with Gasteiger partial charge in [0.25, 0.3) is 0 Å². The molecule has 6 aromatic rings. The van der Waals surface area contributed by atoms with E-state index in [1.165, 1.54) is 27.5 Å². The van der Waals surface area contributed by atoms with Gasteiger partial charge in [-0.25, -0.2) is 9.98 Å². The molecule has 0 N–H and O–H groups in total. The van der Waals surface area contributed by atoms with Crippen molar-refractivity contribution in [3.63, 3.8) is 0 Å². The van der Waals surface area contributed by atoms with E-state index in [1.54, 1.807) is 0 Å². The molecule has 6 rings (SSSR count). The van der Waals surface area contributed by atoms with Crippen LogP contribution in [-0.2, 0) is 0 Å². The van der Waals surface area contributed by atoms with Crippen LogP contribution in [0.25, 0.3) is 38.7 Å². The predicted molar refractivity (Wildman–Crippen MR) is 180 cm³/mol. The van der Waals surface area contributed by atoms with Gasteiger partial charge in [-0.2, -0.15) is 0 Å².